The van der Waals surface area contributed by atoms with Crippen LogP contribution in [0.3, 0.4) is 0 Å². The lowest BCUT2D eigenvalue weighted by molar-refractivity contribution is 0.199. The van der Waals surface area contributed by atoms with Crippen molar-refractivity contribution < 1.29 is 9.21 Å². The molecule has 0 saturated carbocycles. The molecular weight excluding hydrogens is 386 g/mol. The van der Waals surface area contributed by atoms with Crippen molar-refractivity contribution >= 4 is 11.7 Å². The first kappa shape index (κ1) is 20.5. The first-order valence-electron chi connectivity index (χ1n) is 10.6. The van der Waals surface area contributed by atoms with Gasteiger partial charge in [0.1, 0.15) is 5.76 Å². The summed E-state index contributed by atoms with van der Waals surface area (Å²) in [6.45, 7) is 3.73. The molecule has 5 nitrogen and oxygen atoms in total. The number of nitrogens with one attached hydrogen (secondary N) is 1. The average molecular weight is 414 g/mol. The minimum atomic E-state index is -0.155. The third-order valence-electron chi connectivity index (χ3n) is 5.27. The van der Waals surface area contributed by atoms with E-state index in [0.717, 1.165) is 30.1 Å². The molecule has 4 rings (SSSR count). The molecule has 0 aliphatic heterocycles. The maximum atomic E-state index is 13.2. The number of amides is 2. The zero-order valence-corrected chi connectivity index (χ0v) is 17.7. The molecule has 2 heterocycles. The van der Waals surface area contributed by atoms with Crippen LogP contribution in [-0.4, -0.2) is 15.5 Å². The fourth-order valence-electron chi connectivity index (χ4n) is 3.58. The second-order valence-electron chi connectivity index (χ2n) is 7.53. The van der Waals surface area contributed by atoms with Crippen LogP contribution in [0.25, 0.3) is 0 Å². The summed E-state index contributed by atoms with van der Waals surface area (Å²) in [5, 5.41) is 3.05. The molecule has 0 aliphatic rings. The van der Waals surface area contributed by atoms with E-state index >= 15 is 0 Å². The summed E-state index contributed by atoms with van der Waals surface area (Å²) in [6.07, 6.45) is 4.61. The summed E-state index contributed by atoms with van der Waals surface area (Å²) < 4.78 is 7.69. The molecular formula is C26H27N3O2. The van der Waals surface area contributed by atoms with E-state index in [2.05, 4.69) is 47.3 Å². The Labute approximate surface area is 182 Å². The number of anilines is 1. The lowest BCUT2D eigenvalue weighted by Crippen LogP contribution is -2.34. The van der Waals surface area contributed by atoms with Gasteiger partial charge in [0.25, 0.3) is 0 Å². The molecule has 31 heavy (non-hydrogen) atoms. The standard InChI is InChI=1S/C26H27N3O2/c1-2-21-11-6-12-23(17-21)27-26(30)29(20-25-14-8-16-31-25)19-24-13-7-15-28(24)18-22-9-4-3-5-10-22/h3-17H,2,18-20H2,1H3,(H,27,30). The Balaban J connectivity index is 1.53. The molecule has 2 aromatic carbocycles. The van der Waals surface area contributed by atoms with Crippen molar-refractivity contribution in [2.45, 2.75) is 33.0 Å². The number of hydrogen-bond donors (Lipinski definition) is 1. The van der Waals surface area contributed by atoms with Gasteiger partial charge < -0.3 is 19.2 Å². The number of carbonyl (C=O) groups excluding carboxylic acids is 1. The van der Waals surface area contributed by atoms with Gasteiger partial charge in [0.2, 0.25) is 0 Å². The fraction of sp³-hybridized carbons (Fsp3) is 0.192. The maximum Gasteiger partial charge on any atom is 0.322 e. The number of aromatic nitrogens is 1. The van der Waals surface area contributed by atoms with Crippen LogP contribution in [0.4, 0.5) is 10.5 Å². The summed E-state index contributed by atoms with van der Waals surface area (Å²) in [4.78, 5) is 15.0. The van der Waals surface area contributed by atoms with Crippen LogP contribution in [0.1, 0.15) is 29.5 Å². The van der Waals surface area contributed by atoms with Gasteiger partial charge in [-0.2, -0.15) is 0 Å². The smallest absolute Gasteiger partial charge is 0.322 e. The highest BCUT2D eigenvalue weighted by molar-refractivity contribution is 5.89. The van der Waals surface area contributed by atoms with Crippen LogP contribution in [0, 0.1) is 0 Å². The van der Waals surface area contributed by atoms with E-state index in [1.165, 1.54) is 11.1 Å². The minimum Gasteiger partial charge on any atom is -0.467 e. The fourth-order valence-corrected chi connectivity index (χ4v) is 3.58. The predicted octanol–water partition coefficient (Wildman–Crippen LogP) is 5.93. The average Bonchev–Trinajstić information content (AvgIpc) is 3.46. The van der Waals surface area contributed by atoms with Gasteiger partial charge in [-0.25, -0.2) is 4.79 Å². The second kappa shape index (κ2) is 9.85. The van der Waals surface area contributed by atoms with Crippen LogP contribution in [-0.2, 0) is 26.1 Å². The number of furan rings is 1. The zero-order chi connectivity index (χ0) is 21.5. The summed E-state index contributed by atoms with van der Waals surface area (Å²) in [6, 6.07) is 25.9. The van der Waals surface area contributed by atoms with Crippen LogP contribution in [0.5, 0.6) is 0 Å². The molecule has 0 fully saturated rings. The van der Waals surface area contributed by atoms with Crippen LogP contribution < -0.4 is 5.32 Å². The van der Waals surface area contributed by atoms with Crippen molar-refractivity contribution in [2.75, 3.05) is 5.32 Å². The van der Waals surface area contributed by atoms with E-state index in [1.807, 2.05) is 54.6 Å². The topological polar surface area (TPSA) is 50.4 Å². The summed E-state index contributed by atoms with van der Waals surface area (Å²) in [5.74, 6) is 0.749. The Morgan fingerprint density at radius 2 is 1.77 bits per heavy atom. The number of benzene rings is 2. The number of urea groups is 1. The Hall–Kier alpha value is -3.73. The van der Waals surface area contributed by atoms with Crippen molar-refractivity contribution in [3.05, 3.63) is 114 Å². The highest BCUT2D eigenvalue weighted by atomic mass is 16.3. The van der Waals surface area contributed by atoms with Crippen molar-refractivity contribution in [1.29, 1.82) is 0 Å². The van der Waals surface area contributed by atoms with Gasteiger partial charge in [-0.15, -0.1) is 0 Å². The molecule has 0 bridgehead atoms. The molecule has 0 radical (unpaired) electrons. The molecule has 0 aliphatic carbocycles. The predicted molar refractivity (Wildman–Crippen MR) is 123 cm³/mol. The van der Waals surface area contributed by atoms with Gasteiger partial charge in [-0.1, -0.05) is 49.4 Å². The normalized spacial score (nSPS) is 10.7. The second-order valence-corrected chi connectivity index (χ2v) is 7.53. The molecule has 0 atom stereocenters. The largest absolute Gasteiger partial charge is 0.467 e. The molecule has 4 aromatic rings. The van der Waals surface area contributed by atoms with E-state index < -0.39 is 0 Å². The Morgan fingerprint density at radius 1 is 0.935 bits per heavy atom. The van der Waals surface area contributed by atoms with E-state index in [1.54, 1.807) is 11.2 Å². The van der Waals surface area contributed by atoms with E-state index in [9.17, 15) is 4.79 Å². The highest BCUT2D eigenvalue weighted by Crippen LogP contribution is 2.17. The van der Waals surface area contributed by atoms with Crippen LogP contribution >= 0.6 is 0 Å². The molecule has 2 aromatic heterocycles. The number of aryl methyl sites for hydroxylation is 1. The first-order valence-corrected chi connectivity index (χ1v) is 10.6. The van der Waals surface area contributed by atoms with Crippen LogP contribution in [0.15, 0.2) is 95.7 Å². The Bertz CT molecular complexity index is 1100. The third kappa shape index (κ3) is 5.45. The molecule has 0 unspecified atom stereocenters. The molecule has 5 heteroatoms. The third-order valence-corrected chi connectivity index (χ3v) is 5.27. The van der Waals surface area contributed by atoms with Crippen LogP contribution in [0.2, 0.25) is 0 Å². The molecule has 2 amide bonds. The van der Waals surface area contributed by atoms with E-state index in [4.69, 9.17) is 4.42 Å². The van der Waals surface area contributed by atoms with E-state index in [0.29, 0.717) is 13.1 Å². The highest BCUT2D eigenvalue weighted by Gasteiger charge is 2.18. The molecule has 1 N–H and O–H groups in total. The summed E-state index contributed by atoms with van der Waals surface area (Å²) in [5.41, 5.74) is 4.27. The molecule has 0 saturated heterocycles. The lowest BCUT2D eigenvalue weighted by Gasteiger charge is -2.23. The minimum absolute atomic E-state index is 0.155. The number of nitrogens with zero attached hydrogens (tertiary/aromatic N) is 2. The van der Waals surface area contributed by atoms with Gasteiger partial charge in [0, 0.05) is 24.1 Å². The van der Waals surface area contributed by atoms with Gasteiger partial charge >= 0.3 is 6.03 Å². The van der Waals surface area contributed by atoms with Crippen molar-refractivity contribution in [2.24, 2.45) is 0 Å². The molecule has 0 spiro atoms. The maximum absolute atomic E-state index is 13.2. The van der Waals surface area contributed by atoms with Crippen molar-refractivity contribution in [1.82, 2.24) is 9.47 Å². The number of hydrogen-bond acceptors (Lipinski definition) is 2. The van der Waals surface area contributed by atoms with Crippen molar-refractivity contribution in [3.63, 3.8) is 0 Å². The quantitative estimate of drug-likeness (QED) is 0.389. The monoisotopic (exact) mass is 413 g/mol. The lowest BCUT2D eigenvalue weighted by atomic mass is 10.1. The van der Waals surface area contributed by atoms with Gasteiger partial charge in [-0.3, -0.25) is 0 Å². The molecule has 158 valence electrons. The number of carbonyl (C=O) groups is 1. The Kier molecular flexibility index (Phi) is 6.53. The SMILES string of the molecule is CCc1cccc(NC(=O)N(Cc2ccco2)Cc2cccn2Cc2ccccc2)c1. The zero-order valence-electron chi connectivity index (χ0n) is 17.7. The summed E-state index contributed by atoms with van der Waals surface area (Å²) >= 11 is 0. The van der Waals surface area contributed by atoms with Gasteiger partial charge in [-0.05, 0) is 53.9 Å². The van der Waals surface area contributed by atoms with Gasteiger partial charge in [0.15, 0.2) is 0 Å². The van der Waals surface area contributed by atoms with Gasteiger partial charge in [0.05, 0.1) is 19.4 Å². The first-order chi connectivity index (χ1) is 15.2. The van der Waals surface area contributed by atoms with E-state index in [-0.39, 0.29) is 6.03 Å². The van der Waals surface area contributed by atoms with Crippen molar-refractivity contribution in [3.8, 4) is 0 Å². The Morgan fingerprint density at radius 3 is 2.55 bits per heavy atom. The number of rotatable bonds is 8. The summed E-state index contributed by atoms with van der Waals surface area (Å²) in [7, 11) is 0.